The molecule has 88 valence electrons. The van der Waals surface area contributed by atoms with Gasteiger partial charge < -0.3 is 14.4 Å². The van der Waals surface area contributed by atoms with Crippen LogP contribution in [0, 0.1) is 5.82 Å². The molecule has 0 aliphatic carbocycles. The number of nitrogens with zero attached hydrogens (tertiary/aromatic N) is 2. The highest BCUT2D eigenvalue weighted by molar-refractivity contribution is 5.83. The Balaban J connectivity index is 2.55. The van der Waals surface area contributed by atoms with Crippen LogP contribution in [0.15, 0.2) is 22.7 Å². The van der Waals surface area contributed by atoms with E-state index in [-0.39, 0.29) is 17.2 Å². The van der Waals surface area contributed by atoms with Crippen molar-refractivity contribution in [1.82, 2.24) is 10.1 Å². The number of ether oxygens (including phenoxy) is 1. The molecular formula is C10H7FN2O4. The first-order valence-electron chi connectivity index (χ1n) is 4.53. The molecule has 0 amide bonds. The summed E-state index contributed by atoms with van der Waals surface area (Å²) in [5.41, 5.74) is -0.0602. The molecule has 1 aromatic heterocycles. The van der Waals surface area contributed by atoms with Gasteiger partial charge in [-0.15, -0.1) is 0 Å². The Morgan fingerprint density at radius 2 is 2.29 bits per heavy atom. The van der Waals surface area contributed by atoms with Gasteiger partial charge in [0.1, 0.15) is 17.1 Å². The van der Waals surface area contributed by atoms with Gasteiger partial charge in [-0.05, 0) is 17.3 Å². The molecule has 0 saturated heterocycles. The normalized spacial score (nSPS) is 10.2. The number of hydrogen-bond acceptors (Lipinski definition) is 5. The summed E-state index contributed by atoms with van der Waals surface area (Å²) in [4.78, 5) is 14.1. The zero-order chi connectivity index (χ0) is 12.4. The molecule has 1 heterocycles. The predicted octanol–water partition coefficient (Wildman–Crippen LogP) is 1.58. The van der Waals surface area contributed by atoms with Crippen LogP contribution in [0.2, 0.25) is 0 Å². The molecular weight excluding hydrogens is 231 g/mol. The maximum absolute atomic E-state index is 13.6. The summed E-state index contributed by atoms with van der Waals surface area (Å²) in [7, 11) is 1.35. The minimum Gasteiger partial charge on any atom is -0.496 e. The summed E-state index contributed by atoms with van der Waals surface area (Å²) >= 11 is 0. The number of hydrogen-bond donors (Lipinski definition) is 1. The Kier molecular flexibility index (Phi) is 2.73. The molecule has 2 aromatic rings. The molecule has 1 aromatic carbocycles. The summed E-state index contributed by atoms with van der Waals surface area (Å²) in [5.74, 6) is -2.58. The number of aromatic nitrogens is 2. The van der Waals surface area contributed by atoms with Crippen LogP contribution in [0.5, 0.6) is 5.75 Å². The Bertz CT molecular complexity index is 567. The zero-order valence-corrected chi connectivity index (χ0v) is 8.68. The highest BCUT2D eigenvalue weighted by atomic mass is 19.1. The van der Waals surface area contributed by atoms with E-state index in [1.165, 1.54) is 25.3 Å². The van der Waals surface area contributed by atoms with E-state index in [1.54, 1.807) is 0 Å². The first-order chi connectivity index (χ1) is 8.13. The van der Waals surface area contributed by atoms with Crippen molar-refractivity contribution in [2.45, 2.75) is 0 Å². The monoisotopic (exact) mass is 238 g/mol. The molecule has 0 unspecified atom stereocenters. The van der Waals surface area contributed by atoms with E-state index in [0.717, 1.165) is 0 Å². The van der Waals surface area contributed by atoms with Crippen LogP contribution < -0.4 is 4.74 Å². The second kappa shape index (κ2) is 4.20. The van der Waals surface area contributed by atoms with Crippen LogP contribution in [0.1, 0.15) is 10.6 Å². The first kappa shape index (κ1) is 11.1. The van der Waals surface area contributed by atoms with Crippen LogP contribution >= 0.6 is 0 Å². The van der Waals surface area contributed by atoms with Gasteiger partial charge in [0.2, 0.25) is 0 Å². The largest absolute Gasteiger partial charge is 0.496 e. The van der Waals surface area contributed by atoms with E-state index < -0.39 is 17.6 Å². The molecule has 0 spiro atoms. The lowest BCUT2D eigenvalue weighted by Gasteiger charge is -2.04. The van der Waals surface area contributed by atoms with Crippen molar-refractivity contribution in [3.8, 4) is 17.2 Å². The van der Waals surface area contributed by atoms with Gasteiger partial charge in [0, 0.05) is 0 Å². The summed E-state index contributed by atoms with van der Waals surface area (Å²) < 4.78 is 23.2. The summed E-state index contributed by atoms with van der Waals surface area (Å²) in [5, 5.41) is 11.8. The Labute approximate surface area is 94.6 Å². The number of carboxylic acids is 1. The predicted molar refractivity (Wildman–Crippen MR) is 53.2 cm³/mol. The lowest BCUT2D eigenvalue weighted by Crippen LogP contribution is -1.98. The van der Waals surface area contributed by atoms with Gasteiger partial charge in [0.05, 0.1) is 7.11 Å². The van der Waals surface area contributed by atoms with Gasteiger partial charge in [-0.25, -0.2) is 9.18 Å². The SMILES string of the molecule is COc1cccc(F)c1-c1nc(C(=O)O)no1. The number of benzene rings is 1. The van der Waals surface area contributed by atoms with Crippen LogP contribution in [0.3, 0.4) is 0 Å². The van der Waals surface area contributed by atoms with Crippen molar-refractivity contribution >= 4 is 5.97 Å². The number of aromatic carboxylic acids is 1. The third kappa shape index (κ3) is 1.94. The first-order valence-corrected chi connectivity index (χ1v) is 4.53. The minimum atomic E-state index is -1.35. The van der Waals surface area contributed by atoms with Gasteiger partial charge in [0.15, 0.2) is 0 Å². The number of carbonyl (C=O) groups is 1. The van der Waals surface area contributed by atoms with Crippen molar-refractivity contribution in [3.63, 3.8) is 0 Å². The Hall–Kier alpha value is -2.44. The highest BCUT2D eigenvalue weighted by Crippen LogP contribution is 2.30. The second-order valence-electron chi connectivity index (χ2n) is 3.05. The third-order valence-electron chi connectivity index (χ3n) is 2.03. The van der Waals surface area contributed by atoms with Crippen LogP contribution in [-0.2, 0) is 0 Å². The van der Waals surface area contributed by atoms with Crippen LogP contribution in [-0.4, -0.2) is 28.3 Å². The van der Waals surface area contributed by atoms with E-state index in [4.69, 9.17) is 9.84 Å². The minimum absolute atomic E-state index is 0.0602. The maximum Gasteiger partial charge on any atom is 0.377 e. The lowest BCUT2D eigenvalue weighted by atomic mass is 10.2. The Morgan fingerprint density at radius 3 is 2.88 bits per heavy atom. The number of carboxylic acid groups (broad SMARTS) is 1. The van der Waals surface area contributed by atoms with E-state index in [0.29, 0.717) is 0 Å². The Morgan fingerprint density at radius 1 is 1.53 bits per heavy atom. The van der Waals surface area contributed by atoms with Crippen molar-refractivity contribution in [3.05, 3.63) is 29.8 Å². The van der Waals surface area contributed by atoms with Gasteiger partial charge in [-0.2, -0.15) is 4.98 Å². The standard InChI is InChI=1S/C10H7FN2O4/c1-16-6-4-2-3-5(11)7(6)9-12-8(10(14)15)13-17-9/h2-4H,1H3,(H,14,15). The summed E-state index contributed by atoms with van der Waals surface area (Å²) in [6, 6.07) is 4.14. The number of halogens is 1. The fourth-order valence-electron chi connectivity index (χ4n) is 1.29. The van der Waals surface area contributed by atoms with E-state index >= 15 is 0 Å². The quantitative estimate of drug-likeness (QED) is 0.873. The molecule has 0 atom stereocenters. The molecule has 0 aliphatic rings. The average Bonchev–Trinajstić information content (AvgIpc) is 2.77. The molecule has 6 nitrogen and oxygen atoms in total. The van der Waals surface area contributed by atoms with Crippen molar-refractivity contribution in [1.29, 1.82) is 0 Å². The zero-order valence-electron chi connectivity index (χ0n) is 8.68. The molecule has 0 saturated carbocycles. The molecule has 1 N–H and O–H groups in total. The smallest absolute Gasteiger partial charge is 0.377 e. The average molecular weight is 238 g/mol. The molecule has 7 heteroatoms. The number of rotatable bonds is 3. The van der Waals surface area contributed by atoms with Crippen LogP contribution in [0.25, 0.3) is 11.5 Å². The van der Waals surface area contributed by atoms with Gasteiger partial charge in [-0.1, -0.05) is 6.07 Å². The van der Waals surface area contributed by atoms with Crippen molar-refractivity contribution in [2.24, 2.45) is 0 Å². The highest BCUT2D eigenvalue weighted by Gasteiger charge is 2.20. The molecule has 0 bridgehead atoms. The molecule has 0 aliphatic heterocycles. The molecule has 2 rings (SSSR count). The summed E-state index contributed by atoms with van der Waals surface area (Å²) in [6.45, 7) is 0. The van der Waals surface area contributed by atoms with Gasteiger partial charge in [0.25, 0.3) is 11.7 Å². The number of methoxy groups -OCH3 is 1. The second-order valence-corrected chi connectivity index (χ2v) is 3.05. The third-order valence-corrected chi connectivity index (χ3v) is 2.03. The van der Waals surface area contributed by atoms with Crippen molar-refractivity contribution in [2.75, 3.05) is 7.11 Å². The fourth-order valence-corrected chi connectivity index (χ4v) is 1.29. The fraction of sp³-hybridized carbons (Fsp3) is 0.100. The van der Waals surface area contributed by atoms with Crippen molar-refractivity contribution < 1.29 is 23.6 Å². The maximum atomic E-state index is 13.6. The van der Waals surface area contributed by atoms with E-state index in [2.05, 4.69) is 14.7 Å². The lowest BCUT2D eigenvalue weighted by molar-refractivity contribution is 0.0680. The van der Waals surface area contributed by atoms with Gasteiger partial charge >= 0.3 is 5.97 Å². The van der Waals surface area contributed by atoms with Gasteiger partial charge in [-0.3, -0.25) is 0 Å². The van der Waals surface area contributed by atoms with E-state index in [1.807, 2.05) is 0 Å². The molecule has 17 heavy (non-hydrogen) atoms. The van der Waals surface area contributed by atoms with E-state index in [9.17, 15) is 9.18 Å². The molecule has 0 radical (unpaired) electrons. The summed E-state index contributed by atoms with van der Waals surface area (Å²) in [6.07, 6.45) is 0. The topological polar surface area (TPSA) is 85.5 Å². The van der Waals surface area contributed by atoms with Crippen LogP contribution in [0.4, 0.5) is 4.39 Å². The molecule has 0 fully saturated rings.